The van der Waals surface area contributed by atoms with Crippen molar-refractivity contribution in [1.82, 2.24) is 10.6 Å². The van der Waals surface area contributed by atoms with Crippen molar-refractivity contribution in [3.8, 4) is 0 Å². The molecule has 2 saturated heterocycles. The van der Waals surface area contributed by atoms with E-state index in [4.69, 9.17) is 0 Å². The van der Waals surface area contributed by atoms with Crippen LogP contribution in [0.2, 0.25) is 0 Å². The van der Waals surface area contributed by atoms with Gasteiger partial charge in [0.25, 0.3) is 0 Å². The van der Waals surface area contributed by atoms with Gasteiger partial charge in [-0.2, -0.15) is 0 Å². The van der Waals surface area contributed by atoms with Gasteiger partial charge in [0.1, 0.15) is 0 Å². The summed E-state index contributed by atoms with van der Waals surface area (Å²) in [5.41, 5.74) is 0.904. The molecule has 2 aromatic rings. The Hall–Kier alpha value is -2.11. The van der Waals surface area contributed by atoms with Crippen molar-refractivity contribution < 1.29 is 9.59 Å². The fourth-order valence-corrected chi connectivity index (χ4v) is 4.27. The lowest BCUT2D eigenvalue weighted by atomic mass is 9.96. The Labute approximate surface area is 172 Å². The third-order valence-electron chi connectivity index (χ3n) is 5.80. The molecule has 0 aliphatic carbocycles. The molecule has 28 heavy (non-hydrogen) atoms. The predicted octanol–water partition coefficient (Wildman–Crippen LogP) is 3.12. The lowest BCUT2D eigenvalue weighted by Crippen LogP contribution is -2.36. The van der Waals surface area contributed by atoms with E-state index in [-0.39, 0.29) is 30.1 Å². The highest BCUT2D eigenvalue weighted by atomic mass is 35.5. The smallest absolute Gasteiger partial charge is 0.227 e. The highest BCUT2D eigenvalue weighted by Gasteiger charge is 2.35. The second-order valence-corrected chi connectivity index (χ2v) is 7.70. The minimum Gasteiger partial charge on any atom is -0.356 e. The van der Waals surface area contributed by atoms with Crippen molar-refractivity contribution in [2.75, 3.05) is 31.1 Å². The van der Waals surface area contributed by atoms with E-state index in [1.54, 1.807) is 4.90 Å². The number of nitrogens with zero attached hydrogens (tertiary/aromatic N) is 1. The van der Waals surface area contributed by atoms with Gasteiger partial charge in [0, 0.05) is 24.9 Å². The Kier molecular flexibility index (Phi) is 6.92. The lowest BCUT2D eigenvalue weighted by molar-refractivity contribution is -0.126. The molecule has 2 aromatic carbocycles. The van der Waals surface area contributed by atoms with E-state index in [2.05, 4.69) is 10.6 Å². The van der Waals surface area contributed by atoms with Crippen molar-refractivity contribution >= 4 is 40.7 Å². The van der Waals surface area contributed by atoms with E-state index < -0.39 is 0 Å². The molecule has 0 bridgehead atoms. The van der Waals surface area contributed by atoms with Gasteiger partial charge in [-0.05, 0) is 49.7 Å². The average Bonchev–Trinajstić information content (AvgIpc) is 3.10. The Morgan fingerprint density at radius 3 is 2.82 bits per heavy atom. The molecule has 2 atom stereocenters. The Bertz CT molecular complexity index is 830. The Balaban J connectivity index is 0.00000225. The summed E-state index contributed by atoms with van der Waals surface area (Å²) in [5, 5.41) is 8.63. The van der Waals surface area contributed by atoms with Gasteiger partial charge >= 0.3 is 0 Å². The van der Waals surface area contributed by atoms with E-state index in [1.807, 2.05) is 42.5 Å². The van der Waals surface area contributed by atoms with E-state index in [0.29, 0.717) is 25.4 Å². The molecular weight excluding hydrogens is 374 g/mol. The number of amides is 2. The minimum absolute atomic E-state index is 0. The number of carbonyl (C=O) groups is 2. The van der Waals surface area contributed by atoms with E-state index in [1.165, 1.54) is 12.8 Å². The summed E-state index contributed by atoms with van der Waals surface area (Å²) >= 11 is 0. The van der Waals surface area contributed by atoms with E-state index >= 15 is 0 Å². The maximum absolute atomic E-state index is 12.6. The predicted molar refractivity (Wildman–Crippen MR) is 115 cm³/mol. The molecule has 2 amide bonds. The van der Waals surface area contributed by atoms with Crippen LogP contribution in [-0.2, 0) is 9.59 Å². The molecule has 2 heterocycles. The standard InChI is InChI=1S/C22H27N3O2.ClH/c26-21-13-18(22(27)24-12-10-16-5-4-11-23-14-16)15-25(21)20-9-3-7-17-6-1-2-8-19(17)20;/h1-3,6-9,16,18,23H,4-5,10-15H2,(H,24,27);1H. The van der Waals surface area contributed by atoms with Gasteiger partial charge in [0.15, 0.2) is 0 Å². The lowest BCUT2D eigenvalue weighted by Gasteiger charge is -2.23. The van der Waals surface area contributed by atoms with E-state index in [0.717, 1.165) is 36.0 Å². The molecule has 0 radical (unpaired) electrons. The second kappa shape index (κ2) is 9.39. The summed E-state index contributed by atoms with van der Waals surface area (Å²) in [6.45, 7) is 3.32. The monoisotopic (exact) mass is 401 g/mol. The maximum Gasteiger partial charge on any atom is 0.227 e. The number of halogens is 1. The topological polar surface area (TPSA) is 61.4 Å². The maximum atomic E-state index is 12.6. The first-order chi connectivity index (χ1) is 13.2. The van der Waals surface area contributed by atoms with Crippen LogP contribution in [0.15, 0.2) is 42.5 Å². The molecule has 2 unspecified atom stereocenters. The quantitative estimate of drug-likeness (QED) is 0.809. The Morgan fingerprint density at radius 1 is 1.18 bits per heavy atom. The molecule has 6 heteroatoms. The number of hydrogen-bond donors (Lipinski definition) is 2. The van der Waals surface area contributed by atoms with Crippen LogP contribution >= 0.6 is 12.4 Å². The molecule has 150 valence electrons. The summed E-state index contributed by atoms with van der Waals surface area (Å²) in [5.74, 6) is 0.426. The molecule has 2 fully saturated rings. The normalized spacial score (nSPS) is 22.1. The van der Waals surface area contributed by atoms with Gasteiger partial charge in [0.2, 0.25) is 11.8 Å². The van der Waals surface area contributed by atoms with Crippen molar-refractivity contribution in [1.29, 1.82) is 0 Å². The van der Waals surface area contributed by atoms with Gasteiger partial charge in [-0.25, -0.2) is 0 Å². The first-order valence-corrected chi connectivity index (χ1v) is 9.99. The highest BCUT2D eigenvalue weighted by molar-refractivity contribution is 6.06. The molecular formula is C22H28ClN3O2. The zero-order valence-electron chi connectivity index (χ0n) is 16.0. The third-order valence-corrected chi connectivity index (χ3v) is 5.80. The molecule has 5 nitrogen and oxygen atoms in total. The van der Waals surface area contributed by atoms with Gasteiger partial charge in [-0.3, -0.25) is 9.59 Å². The minimum atomic E-state index is -0.263. The SMILES string of the molecule is Cl.O=C(NCCC1CCCNC1)C1CC(=O)N(c2cccc3ccccc23)C1. The molecule has 2 aliphatic heterocycles. The van der Waals surface area contributed by atoms with Crippen LogP contribution in [0.25, 0.3) is 10.8 Å². The molecule has 2 N–H and O–H groups in total. The van der Waals surface area contributed by atoms with Crippen LogP contribution in [0.3, 0.4) is 0 Å². The number of anilines is 1. The first kappa shape index (κ1) is 20.6. The van der Waals surface area contributed by atoms with Gasteiger partial charge in [-0.1, -0.05) is 36.4 Å². The van der Waals surface area contributed by atoms with Gasteiger partial charge in [0.05, 0.1) is 11.6 Å². The average molecular weight is 402 g/mol. The third kappa shape index (κ3) is 4.47. The number of piperidine rings is 1. The number of carbonyl (C=O) groups excluding carboxylic acids is 2. The van der Waals surface area contributed by atoms with Crippen LogP contribution < -0.4 is 15.5 Å². The second-order valence-electron chi connectivity index (χ2n) is 7.70. The Morgan fingerprint density at radius 2 is 2.00 bits per heavy atom. The summed E-state index contributed by atoms with van der Waals surface area (Å²) in [4.78, 5) is 26.9. The summed E-state index contributed by atoms with van der Waals surface area (Å²) in [7, 11) is 0. The van der Waals surface area contributed by atoms with Crippen LogP contribution in [0.4, 0.5) is 5.69 Å². The van der Waals surface area contributed by atoms with Gasteiger partial charge < -0.3 is 15.5 Å². The van der Waals surface area contributed by atoms with Crippen LogP contribution in [0.1, 0.15) is 25.7 Å². The highest BCUT2D eigenvalue weighted by Crippen LogP contribution is 2.31. The van der Waals surface area contributed by atoms with Crippen molar-refractivity contribution in [2.45, 2.75) is 25.7 Å². The molecule has 0 spiro atoms. The molecule has 0 saturated carbocycles. The number of hydrogen-bond acceptors (Lipinski definition) is 3. The van der Waals surface area contributed by atoms with Crippen molar-refractivity contribution in [3.05, 3.63) is 42.5 Å². The van der Waals surface area contributed by atoms with Crippen molar-refractivity contribution in [3.63, 3.8) is 0 Å². The zero-order chi connectivity index (χ0) is 18.6. The van der Waals surface area contributed by atoms with Crippen LogP contribution in [0.5, 0.6) is 0 Å². The summed E-state index contributed by atoms with van der Waals surface area (Å²) in [6.07, 6.45) is 3.75. The largest absolute Gasteiger partial charge is 0.356 e. The first-order valence-electron chi connectivity index (χ1n) is 9.99. The zero-order valence-corrected chi connectivity index (χ0v) is 16.8. The molecule has 0 aromatic heterocycles. The number of nitrogens with one attached hydrogen (secondary N) is 2. The number of rotatable bonds is 5. The summed E-state index contributed by atoms with van der Waals surface area (Å²) < 4.78 is 0. The molecule has 4 rings (SSSR count). The fraction of sp³-hybridized carbons (Fsp3) is 0.455. The van der Waals surface area contributed by atoms with Crippen molar-refractivity contribution in [2.24, 2.45) is 11.8 Å². The summed E-state index contributed by atoms with van der Waals surface area (Å²) in [6, 6.07) is 14.0. The van der Waals surface area contributed by atoms with E-state index in [9.17, 15) is 9.59 Å². The van der Waals surface area contributed by atoms with Gasteiger partial charge in [-0.15, -0.1) is 12.4 Å². The van der Waals surface area contributed by atoms with Crippen LogP contribution in [0, 0.1) is 11.8 Å². The number of fused-ring (bicyclic) bond motifs is 1. The van der Waals surface area contributed by atoms with Crippen LogP contribution in [-0.4, -0.2) is 38.0 Å². The molecule has 2 aliphatic rings. The fourth-order valence-electron chi connectivity index (χ4n) is 4.27. The number of benzene rings is 2.